The quantitative estimate of drug-likeness (QED) is 0.739. The molecule has 2 aromatic rings. The van der Waals surface area contributed by atoms with Crippen LogP contribution in [0.4, 0.5) is 0 Å². The van der Waals surface area contributed by atoms with E-state index in [4.69, 9.17) is 32.7 Å². The highest BCUT2D eigenvalue weighted by molar-refractivity contribution is 6.34. The minimum Gasteiger partial charge on any atom is -0.451 e. The summed E-state index contributed by atoms with van der Waals surface area (Å²) in [6, 6.07) is 11.3. The van der Waals surface area contributed by atoms with E-state index >= 15 is 0 Å². The summed E-state index contributed by atoms with van der Waals surface area (Å²) in [4.78, 5) is 0. The number of rotatable bonds is 3. The summed E-state index contributed by atoms with van der Waals surface area (Å²) in [5.41, 5.74) is 1.77. The van der Waals surface area contributed by atoms with E-state index in [1.165, 1.54) is 0 Å². The molecule has 104 valence electrons. The molecule has 0 aliphatic carbocycles. The van der Waals surface area contributed by atoms with Crippen molar-refractivity contribution >= 4 is 23.2 Å². The lowest BCUT2D eigenvalue weighted by molar-refractivity contribution is 0.0416. The van der Waals surface area contributed by atoms with Crippen molar-refractivity contribution in [3.63, 3.8) is 0 Å². The van der Waals surface area contributed by atoms with Crippen LogP contribution >= 0.6 is 23.2 Å². The second kappa shape index (κ2) is 5.55. The number of ether oxygens (including phenoxy) is 2. The van der Waals surface area contributed by atoms with Crippen molar-refractivity contribution in [2.24, 2.45) is 0 Å². The summed E-state index contributed by atoms with van der Waals surface area (Å²) in [5, 5.41) is 1.28. The first-order chi connectivity index (χ1) is 9.69. The predicted molar refractivity (Wildman–Crippen MR) is 81.9 cm³/mol. The van der Waals surface area contributed by atoms with E-state index in [-0.39, 0.29) is 6.29 Å². The van der Waals surface area contributed by atoms with Gasteiger partial charge in [-0.1, -0.05) is 48.3 Å². The first-order valence-corrected chi connectivity index (χ1v) is 7.36. The molecule has 4 heteroatoms. The van der Waals surface area contributed by atoms with Crippen LogP contribution in [0.5, 0.6) is 11.5 Å². The molecular weight excluding hydrogens is 295 g/mol. The third-order valence-electron chi connectivity index (χ3n) is 3.22. The molecule has 0 bridgehead atoms. The Hall–Kier alpha value is -1.38. The largest absolute Gasteiger partial charge is 0.451 e. The molecule has 1 unspecified atom stereocenters. The predicted octanol–water partition coefficient (Wildman–Crippen LogP) is 5.56. The van der Waals surface area contributed by atoms with E-state index in [0.717, 1.165) is 29.7 Å². The van der Waals surface area contributed by atoms with Gasteiger partial charge in [-0.05, 0) is 18.6 Å². The van der Waals surface area contributed by atoms with Crippen molar-refractivity contribution in [1.82, 2.24) is 0 Å². The highest BCUT2D eigenvalue weighted by atomic mass is 35.5. The molecule has 1 atom stereocenters. The van der Waals surface area contributed by atoms with Crippen LogP contribution in [0.25, 0.3) is 11.1 Å². The van der Waals surface area contributed by atoms with Crippen LogP contribution in [-0.4, -0.2) is 6.29 Å². The standard InChI is InChI=1S/C16H14Cl2O2/c1-2-5-15-19-14-9-10(17)8-12(16(14)20-15)11-6-3-4-7-13(11)18/h3-4,6-9,15H,2,5H2,1H3. The fraction of sp³-hybridized carbons (Fsp3) is 0.250. The molecule has 1 heterocycles. The smallest absolute Gasteiger partial charge is 0.241 e. The third-order valence-corrected chi connectivity index (χ3v) is 3.76. The number of halogens is 2. The Morgan fingerprint density at radius 3 is 2.60 bits per heavy atom. The fourth-order valence-corrected chi connectivity index (χ4v) is 2.75. The lowest BCUT2D eigenvalue weighted by Crippen LogP contribution is -2.17. The Kier molecular flexibility index (Phi) is 3.77. The minimum atomic E-state index is -0.241. The molecule has 0 radical (unpaired) electrons. The zero-order valence-corrected chi connectivity index (χ0v) is 12.5. The molecule has 2 aromatic carbocycles. The van der Waals surface area contributed by atoms with Crippen molar-refractivity contribution in [1.29, 1.82) is 0 Å². The maximum absolute atomic E-state index is 6.27. The second-order valence-electron chi connectivity index (χ2n) is 4.71. The van der Waals surface area contributed by atoms with Crippen LogP contribution in [0.1, 0.15) is 19.8 Å². The van der Waals surface area contributed by atoms with Crippen molar-refractivity contribution in [2.45, 2.75) is 26.1 Å². The number of benzene rings is 2. The summed E-state index contributed by atoms with van der Waals surface area (Å²) in [5.74, 6) is 1.41. The highest BCUT2D eigenvalue weighted by Gasteiger charge is 2.27. The van der Waals surface area contributed by atoms with Crippen molar-refractivity contribution in [3.05, 3.63) is 46.4 Å². The maximum Gasteiger partial charge on any atom is 0.241 e. The Morgan fingerprint density at radius 2 is 1.85 bits per heavy atom. The van der Waals surface area contributed by atoms with E-state index in [0.29, 0.717) is 15.8 Å². The van der Waals surface area contributed by atoms with Crippen LogP contribution in [0.3, 0.4) is 0 Å². The maximum atomic E-state index is 6.27. The number of fused-ring (bicyclic) bond motifs is 1. The van der Waals surface area contributed by atoms with Gasteiger partial charge in [0.15, 0.2) is 11.5 Å². The van der Waals surface area contributed by atoms with Crippen LogP contribution in [0, 0.1) is 0 Å². The molecule has 0 amide bonds. The van der Waals surface area contributed by atoms with E-state index in [1.807, 2.05) is 30.3 Å². The third kappa shape index (κ3) is 2.46. The molecule has 3 rings (SSSR count). The van der Waals surface area contributed by atoms with Gasteiger partial charge in [-0.3, -0.25) is 0 Å². The zero-order chi connectivity index (χ0) is 14.1. The van der Waals surface area contributed by atoms with Crippen LogP contribution in [0.2, 0.25) is 10.0 Å². The van der Waals surface area contributed by atoms with Crippen LogP contribution in [0.15, 0.2) is 36.4 Å². The molecule has 0 saturated heterocycles. The highest BCUT2D eigenvalue weighted by Crippen LogP contribution is 2.47. The normalized spacial score (nSPS) is 16.4. The number of hydrogen-bond donors (Lipinski definition) is 0. The lowest BCUT2D eigenvalue weighted by Gasteiger charge is -2.10. The topological polar surface area (TPSA) is 18.5 Å². The number of hydrogen-bond acceptors (Lipinski definition) is 2. The summed E-state index contributed by atoms with van der Waals surface area (Å²) >= 11 is 12.4. The fourth-order valence-electron chi connectivity index (χ4n) is 2.31. The molecule has 0 fully saturated rings. The zero-order valence-electron chi connectivity index (χ0n) is 11.0. The Balaban J connectivity index is 2.08. The van der Waals surface area contributed by atoms with Crippen LogP contribution in [-0.2, 0) is 0 Å². The average Bonchev–Trinajstić information content (AvgIpc) is 2.81. The van der Waals surface area contributed by atoms with E-state index in [9.17, 15) is 0 Å². The first kappa shape index (κ1) is 13.6. The van der Waals surface area contributed by atoms with Gasteiger partial charge in [0.05, 0.1) is 0 Å². The Labute approximate surface area is 128 Å². The second-order valence-corrected chi connectivity index (χ2v) is 5.56. The van der Waals surface area contributed by atoms with Gasteiger partial charge in [-0.15, -0.1) is 0 Å². The van der Waals surface area contributed by atoms with Gasteiger partial charge in [0.25, 0.3) is 0 Å². The van der Waals surface area contributed by atoms with Crippen molar-refractivity contribution < 1.29 is 9.47 Å². The first-order valence-electron chi connectivity index (χ1n) is 6.61. The molecular formula is C16H14Cl2O2. The van der Waals surface area contributed by atoms with Gasteiger partial charge in [0, 0.05) is 33.7 Å². The summed E-state index contributed by atoms with van der Waals surface area (Å²) in [6.45, 7) is 2.09. The lowest BCUT2D eigenvalue weighted by atomic mass is 10.0. The molecule has 0 spiro atoms. The molecule has 20 heavy (non-hydrogen) atoms. The van der Waals surface area contributed by atoms with Gasteiger partial charge in [-0.25, -0.2) is 0 Å². The van der Waals surface area contributed by atoms with E-state index in [1.54, 1.807) is 6.07 Å². The summed E-state index contributed by atoms with van der Waals surface area (Å²) < 4.78 is 11.7. The average molecular weight is 309 g/mol. The minimum absolute atomic E-state index is 0.241. The van der Waals surface area contributed by atoms with Gasteiger partial charge in [0.2, 0.25) is 6.29 Å². The molecule has 0 N–H and O–H groups in total. The van der Waals surface area contributed by atoms with Gasteiger partial charge < -0.3 is 9.47 Å². The van der Waals surface area contributed by atoms with E-state index in [2.05, 4.69) is 6.92 Å². The molecule has 0 aromatic heterocycles. The molecule has 1 aliphatic rings. The summed E-state index contributed by atoms with van der Waals surface area (Å²) in [7, 11) is 0. The van der Waals surface area contributed by atoms with Gasteiger partial charge in [-0.2, -0.15) is 0 Å². The van der Waals surface area contributed by atoms with Crippen LogP contribution < -0.4 is 9.47 Å². The van der Waals surface area contributed by atoms with Crippen molar-refractivity contribution in [2.75, 3.05) is 0 Å². The van der Waals surface area contributed by atoms with Gasteiger partial charge in [0.1, 0.15) is 0 Å². The molecule has 2 nitrogen and oxygen atoms in total. The molecule has 1 aliphatic heterocycles. The molecule has 0 saturated carbocycles. The van der Waals surface area contributed by atoms with Crippen molar-refractivity contribution in [3.8, 4) is 22.6 Å². The SMILES string of the molecule is CCCC1Oc2cc(Cl)cc(-c3ccccc3Cl)c2O1. The Bertz CT molecular complexity index is 640. The Morgan fingerprint density at radius 1 is 1.05 bits per heavy atom. The monoisotopic (exact) mass is 308 g/mol. The summed E-state index contributed by atoms with van der Waals surface area (Å²) in [6.07, 6.45) is 1.59. The van der Waals surface area contributed by atoms with Gasteiger partial charge >= 0.3 is 0 Å². The van der Waals surface area contributed by atoms with E-state index < -0.39 is 0 Å².